The van der Waals surface area contributed by atoms with E-state index in [1.807, 2.05) is 6.92 Å². The van der Waals surface area contributed by atoms with Gasteiger partial charge in [-0.15, -0.1) is 0 Å². The van der Waals surface area contributed by atoms with Gasteiger partial charge in [-0.2, -0.15) is 0 Å². The predicted octanol–water partition coefficient (Wildman–Crippen LogP) is 1.71. The van der Waals surface area contributed by atoms with Gasteiger partial charge in [-0.05, 0) is 37.6 Å². The number of benzene rings is 1. The smallest absolute Gasteiger partial charge is 0.328 e. The van der Waals surface area contributed by atoms with Crippen LogP contribution in [0.5, 0.6) is 11.5 Å². The Morgan fingerprint density at radius 1 is 1.44 bits per heavy atom. The summed E-state index contributed by atoms with van der Waals surface area (Å²) in [5.74, 6) is 0.343. The maximum absolute atomic E-state index is 11.5. The number of hydrogen-bond acceptors (Lipinski definition) is 4. The highest BCUT2D eigenvalue weighted by Gasteiger charge is 2.35. The molecule has 18 heavy (non-hydrogen) atoms. The van der Waals surface area contributed by atoms with Crippen LogP contribution in [0.2, 0.25) is 0 Å². The van der Waals surface area contributed by atoms with Gasteiger partial charge in [0.1, 0.15) is 5.54 Å². The summed E-state index contributed by atoms with van der Waals surface area (Å²) in [7, 11) is 0. The lowest BCUT2D eigenvalue weighted by atomic mass is 9.91. The van der Waals surface area contributed by atoms with Crippen molar-refractivity contribution in [2.45, 2.75) is 25.8 Å². The Bertz CT molecular complexity index is 460. The van der Waals surface area contributed by atoms with Crippen molar-refractivity contribution in [2.24, 2.45) is 0 Å². The maximum Gasteiger partial charge on any atom is 0.328 e. The number of fused-ring (bicyclic) bond motifs is 1. The lowest BCUT2D eigenvalue weighted by molar-refractivity contribution is -0.144. The van der Waals surface area contributed by atoms with Gasteiger partial charge in [0.2, 0.25) is 6.79 Å². The molecule has 0 spiro atoms. The Kier molecular flexibility index (Phi) is 3.43. The molecule has 0 bridgehead atoms. The third-order valence-electron chi connectivity index (χ3n) is 3.11. The quantitative estimate of drug-likeness (QED) is 0.834. The van der Waals surface area contributed by atoms with Crippen LogP contribution in [0.4, 0.5) is 0 Å². The van der Waals surface area contributed by atoms with E-state index in [1.165, 1.54) is 0 Å². The first-order valence-electron chi connectivity index (χ1n) is 5.96. The summed E-state index contributed by atoms with van der Waals surface area (Å²) in [6, 6.07) is 5.22. The minimum atomic E-state index is -1.11. The van der Waals surface area contributed by atoms with Crippen LogP contribution < -0.4 is 14.8 Å². The first-order valence-corrected chi connectivity index (χ1v) is 5.96. The highest BCUT2D eigenvalue weighted by atomic mass is 16.7. The summed E-state index contributed by atoms with van der Waals surface area (Å²) in [5.41, 5.74) is -0.454. The third kappa shape index (κ3) is 2.13. The van der Waals surface area contributed by atoms with E-state index < -0.39 is 11.5 Å². The van der Waals surface area contributed by atoms with Crippen LogP contribution in [0.25, 0.3) is 0 Å². The molecule has 0 saturated carbocycles. The zero-order valence-corrected chi connectivity index (χ0v) is 10.5. The summed E-state index contributed by atoms with van der Waals surface area (Å²) in [6.45, 7) is 4.47. The number of nitrogens with one attached hydrogen (secondary N) is 1. The van der Waals surface area contributed by atoms with E-state index in [4.69, 9.17) is 9.47 Å². The summed E-state index contributed by atoms with van der Waals surface area (Å²) < 4.78 is 10.5. The van der Waals surface area contributed by atoms with E-state index >= 15 is 0 Å². The number of carboxylic acids is 1. The monoisotopic (exact) mass is 251 g/mol. The largest absolute Gasteiger partial charge is 0.480 e. The zero-order chi connectivity index (χ0) is 13.2. The number of aliphatic carboxylic acids is 1. The number of hydrogen-bond donors (Lipinski definition) is 2. The Morgan fingerprint density at radius 2 is 2.17 bits per heavy atom. The molecule has 1 unspecified atom stereocenters. The van der Waals surface area contributed by atoms with Crippen LogP contribution in [-0.4, -0.2) is 24.4 Å². The van der Waals surface area contributed by atoms with E-state index in [9.17, 15) is 9.90 Å². The minimum Gasteiger partial charge on any atom is -0.480 e. The van der Waals surface area contributed by atoms with Gasteiger partial charge in [0.25, 0.3) is 0 Å². The van der Waals surface area contributed by atoms with Crippen LogP contribution in [0.1, 0.15) is 25.8 Å². The molecule has 98 valence electrons. The number of ether oxygens (including phenoxy) is 2. The van der Waals surface area contributed by atoms with Crippen molar-refractivity contribution in [2.75, 3.05) is 13.3 Å². The molecule has 2 N–H and O–H groups in total. The Balaban J connectivity index is 2.33. The van der Waals surface area contributed by atoms with Crippen molar-refractivity contribution >= 4 is 5.97 Å². The van der Waals surface area contributed by atoms with Crippen LogP contribution in [0.3, 0.4) is 0 Å². The van der Waals surface area contributed by atoms with Gasteiger partial charge in [0.15, 0.2) is 11.5 Å². The molecule has 0 saturated heterocycles. The molecule has 1 heterocycles. The molecule has 0 amide bonds. The first kappa shape index (κ1) is 12.7. The fraction of sp³-hybridized carbons (Fsp3) is 0.462. The number of rotatable bonds is 5. The second-order valence-corrected chi connectivity index (χ2v) is 4.42. The minimum absolute atomic E-state index is 0.185. The molecule has 5 heteroatoms. The molecule has 0 aliphatic carbocycles. The van der Waals surface area contributed by atoms with Gasteiger partial charge >= 0.3 is 5.97 Å². The van der Waals surface area contributed by atoms with Gasteiger partial charge in [-0.3, -0.25) is 5.32 Å². The van der Waals surface area contributed by atoms with Crippen LogP contribution in [-0.2, 0) is 10.3 Å². The molecule has 1 aromatic rings. The molecule has 0 aromatic heterocycles. The Morgan fingerprint density at radius 3 is 2.83 bits per heavy atom. The lowest BCUT2D eigenvalue weighted by Crippen LogP contribution is -2.46. The summed E-state index contributed by atoms with van der Waals surface area (Å²) in [6.07, 6.45) is 0.868. The van der Waals surface area contributed by atoms with E-state index in [1.54, 1.807) is 25.1 Å². The van der Waals surface area contributed by atoms with Crippen molar-refractivity contribution in [3.8, 4) is 11.5 Å². The van der Waals surface area contributed by atoms with Gasteiger partial charge in [0, 0.05) is 0 Å². The zero-order valence-electron chi connectivity index (χ0n) is 10.5. The molecule has 1 aromatic carbocycles. The van der Waals surface area contributed by atoms with Crippen molar-refractivity contribution in [3.63, 3.8) is 0 Å². The van der Waals surface area contributed by atoms with E-state index in [-0.39, 0.29) is 6.79 Å². The van der Waals surface area contributed by atoms with Gasteiger partial charge in [-0.1, -0.05) is 13.0 Å². The Labute approximate surface area is 106 Å². The second-order valence-electron chi connectivity index (χ2n) is 4.42. The number of carbonyl (C=O) groups is 1. The normalized spacial score (nSPS) is 16.3. The fourth-order valence-corrected chi connectivity index (χ4v) is 1.88. The molecule has 1 atom stereocenters. The fourth-order valence-electron chi connectivity index (χ4n) is 1.88. The van der Waals surface area contributed by atoms with Crippen molar-refractivity contribution < 1.29 is 19.4 Å². The maximum atomic E-state index is 11.5. The van der Waals surface area contributed by atoms with Gasteiger partial charge < -0.3 is 14.6 Å². The average molecular weight is 251 g/mol. The lowest BCUT2D eigenvalue weighted by Gasteiger charge is -2.27. The molecule has 5 nitrogen and oxygen atoms in total. The van der Waals surface area contributed by atoms with Gasteiger partial charge in [-0.25, -0.2) is 4.79 Å². The van der Waals surface area contributed by atoms with E-state index in [0.29, 0.717) is 23.6 Å². The molecule has 0 radical (unpaired) electrons. The van der Waals surface area contributed by atoms with Gasteiger partial charge in [0.05, 0.1) is 0 Å². The van der Waals surface area contributed by atoms with Crippen molar-refractivity contribution in [1.82, 2.24) is 5.32 Å². The second kappa shape index (κ2) is 4.86. The van der Waals surface area contributed by atoms with E-state index in [2.05, 4.69) is 5.32 Å². The molecule has 1 aliphatic rings. The average Bonchev–Trinajstić information content (AvgIpc) is 2.82. The number of carboxylic acid groups (broad SMARTS) is 1. The summed E-state index contributed by atoms with van der Waals surface area (Å²) >= 11 is 0. The molecular formula is C13H17NO4. The first-order chi connectivity index (χ1) is 8.58. The van der Waals surface area contributed by atoms with Crippen LogP contribution >= 0.6 is 0 Å². The van der Waals surface area contributed by atoms with Crippen molar-refractivity contribution in [1.29, 1.82) is 0 Å². The van der Waals surface area contributed by atoms with E-state index in [0.717, 1.165) is 6.42 Å². The third-order valence-corrected chi connectivity index (χ3v) is 3.11. The Hall–Kier alpha value is -1.75. The van der Waals surface area contributed by atoms with Crippen LogP contribution in [0.15, 0.2) is 18.2 Å². The highest BCUT2D eigenvalue weighted by molar-refractivity contribution is 5.80. The topological polar surface area (TPSA) is 67.8 Å². The molecular weight excluding hydrogens is 234 g/mol. The van der Waals surface area contributed by atoms with Crippen molar-refractivity contribution in [3.05, 3.63) is 23.8 Å². The highest BCUT2D eigenvalue weighted by Crippen LogP contribution is 2.35. The summed E-state index contributed by atoms with van der Waals surface area (Å²) in [4.78, 5) is 11.5. The SMILES string of the molecule is CCCNC(C)(C(=O)O)c1ccc2c(c1)OCO2. The standard InChI is InChI=1S/C13H17NO4/c1-3-6-14-13(2,12(15)16)9-4-5-10-11(7-9)18-8-17-10/h4-5,7,14H,3,6,8H2,1-2H3,(H,15,16). The molecule has 2 rings (SSSR count). The summed E-state index contributed by atoms with van der Waals surface area (Å²) in [5, 5.41) is 12.5. The molecule has 1 aliphatic heterocycles. The van der Waals surface area contributed by atoms with Crippen LogP contribution in [0, 0.1) is 0 Å². The predicted molar refractivity (Wildman–Crippen MR) is 65.8 cm³/mol. The molecule has 0 fully saturated rings.